The van der Waals surface area contributed by atoms with Crippen LogP contribution >= 0.6 is 23.2 Å². The Morgan fingerprint density at radius 1 is 0.353 bits per heavy atom. The van der Waals surface area contributed by atoms with Gasteiger partial charge < -0.3 is 39.1 Å². The monoisotopic (exact) mass is 1580 g/mol. The maximum absolute atomic E-state index is 16.8. The highest BCUT2D eigenvalue weighted by atomic mass is 35.5. The number of nitrogens with one attached hydrogen (secondary N) is 2. The second kappa shape index (κ2) is 32.1. The summed E-state index contributed by atoms with van der Waals surface area (Å²) in [5.74, 6) is -6.04. The van der Waals surface area contributed by atoms with Crippen LogP contribution in [0.4, 0.5) is 11.6 Å². The first kappa shape index (κ1) is 77.7. The van der Waals surface area contributed by atoms with Gasteiger partial charge in [-0.05, 0) is 142 Å². The Kier molecular flexibility index (Phi) is 21.5. The molecule has 2 unspecified atom stereocenters. The first-order valence-corrected chi connectivity index (χ1v) is 38.5. The van der Waals surface area contributed by atoms with Gasteiger partial charge in [0.2, 0.25) is 11.8 Å². The molecule has 116 heavy (non-hydrogen) atoms. The molecule has 2 N–H and O–H groups in total. The van der Waals surface area contributed by atoms with Gasteiger partial charge >= 0.3 is 11.9 Å². The number of halogens is 2. The van der Waals surface area contributed by atoms with E-state index in [1.54, 1.807) is 109 Å². The van der Waals surface area contributed by atoms with E-state index in [-0.39, 0.29) is 148 Å². The van der Waals surface area contributed by atoms with Gasteiger partial charge in [-0.1, -0.05) is 201 Å². The van der Waals surface area contributed by atoms with E-state index >= 15 is 28.8 Å². The lowest BCUT2D eigenvalue weighted by Crippen LogP contribution is -2.53. The minimum atomic E-state index is -1.64. The molecule has 20 nitrogen and oxygen atoms in total. The molecule has 0 saturated heterocycles. The highest BCUT2D eigenvalue weighted by Gasteiger charge is 2.47. The number of rotatable bonds is 26. The van der Waals surface area contributed by atoms with Crippen molar-refractivity contribution in [1.82, 2.24) is 19.8 Å². The lowest BCUT2D eigenvalue weighted by molar-refractivity contribution is -0.130. The third-order valence-electron chi connectivity index (χ3n) is 20.7. The zero-order valence-corrected chi connectivity index (χ0v) is 65.8. The van der Waals surface area contributed by atoms with Gasteiger partial charge in [0.15, 0.2) is 0 Å². The fourth-order valence-corrected chi connectivity index (χ4v) is 14.8. The van der Waals surface area contributed by atoms with E-state index in [1.165, 1.54) is 60.9 Å². The number of benzene rings is 11. The first-order chi connectivity index (χ1) is 55.7. The van der Waals surface area contributed by atoms with Crippen LogP contribution in [0, 0.1) is 0 Å². The molecule has 0 aliphatic carbocycles. The summed E-state index contributed by atoms with van der Waals surface area (Å²) in [5.41, 5.74) is 4.66. The Labute approximate surface area is 677 Å². The summed E-state index contributed by atoms with van der Waals surface area (Å²) in [6, 6.07) is 55.5. The van der Waals surface area contributed by atoms with Crippen molar-refractivity contribution < 1.29 is 66.8 Å². The van der Waals surface area contributed by atoms with E-state index in [1.807, 2.05) is 48.5 Å². The van der Waals surface area contributed by atoms with Gasteiger partial charge in [-0.25, -0.2) is 19.6 Å². The zero-order chi connectivity index (χ0) is 81.7. The third kappa shape index (κ3) is 15.3. The lowest BCUT2D eigenvalue weighted by Gasteiger charge is -2.36. The Bertz CT molecular complexity index is 5560. The zero-order valence-electron chi connectivity index (χ0n) is 64.3. The average molecular weight is 1580 g/mol. The molecule has 4 heterocycles. The predicted octanol–water partition coefficient (Wildman–Crippen LogP) is 21.2. The minimum absolute atomic E-state index is 0.00477. The number of amides is 6. The summed E-state index contributed by atoms with van der Waals surface area (Å²) in [7, 11) is 0. The second-order valence-electron chi connectivity index (χ2n) is 29.7. The lowest BCUT2D eigenvalue weighted by atomic mass is 9.80. The number of hydrogen-bond donors (Lipinski definition) is 2. The summed E-state index contributed by atoms with van der Waals surface area (Å²) >= 11 is 11.8. The standard InChI is InChI=1S/C94H76Cl2N6O14/c1-49(2)57-21-29-61(30-22-57)111-73-45-67-79-68(90(106)101(89(67)105)71(41-55-17-13-11-14-18-55)87(103)99-77-43-65(37-39-97-77)115-93(109)53(9)95)47-75(113-63-33-25-59(26-34-63)51(5)6)83-84-76(114-64-35-27-60(28-36-64)52(7)8)48-70-80-69(46-74(82(86(80)84)81(73)85(79)83)112-62-31-23-58(24-32-62)50(3)4)91(107)102(92(70)108)72(42-56-19-15-12-16-20-56)88(104)100-78-44-66(38-40-98-78)116-94(110)54(10)96/h11-40,43-52,71-72H,9-10,41-42H2,1-8H3,(H,97,99,103)(H,98,100,104). The van der Waals surface area contributed by atoms with Crippen molar-refractivity contribution in [2.24, 2.45) is 0 Å². The van der Waals surface area contributed by atoms with E-state index in [0.29, 0.717) is 34.1 Å². The molecule has 6 amide bonds. The summed E-state index contributed by atoms with van der Waals surface area (Å²) in [6.45, 7) is 23.4. The molecular formula is C94H76Cl2N6O14. The Morgan fingerprint density at radius 2 is 0.621 bits per heavy atom. The SMILES string of the molecule is C=C(Cl)C(=O)Oc1ccnc(NC(=O)C(Cc2ccccc2)N2C(=O)c3cc(Oc4ccc(C(C)C)cc4)c4c5c(Oc6ccc(C(C)C)cc6)cc6c7c(cc(Oc8ccc(C(C)C)cc8)c(c8c(Oc9ccc(C(C)C)cc9)cc(c3c48)C2=O)c75)C(=O)N(C(Cc2ccccc2)C(=O)Nc2cc(OC(=O)C(=C)Cl)ccn2)C6=O)c1. The van der Waals surface area contributed by atoms with Gasteiger partial charge in [-0.3, -0.25) is 38.6 Å². The molecule has 0 fully saturated rings. The highest BCUT2D eigenvalue weighted by Crippen LogP contribution is 2.58. The maximum atomic E-state index is 16.8. The number of nitrogens with zero attached hydrogens (tertiary/aromatic N) is 4. The van der Waals surface area contributed by atoms with Crippen LogP contribution in [0.3, 0.4) is 0 Å². The molecular weight excluding hydrogens is 1510 g/mol. The van der Waals surface area contributed by atoms with Crippen LogP contribution in [-0.4, -0.2) is 79.2 Å². The van der Waals surface area contributed by atoms with Gasteiger partial charge in [0.1, 0.15) is 91.3 Å². The van der Waals surface area contributed by atoms with E-state index in [4.69, 9.17) is 51.6 Å². The predicted molar refractivity (Wildman–Crippen MR) is 446 cm³/mol. The Morgan fingerprint density at radius 3 is 0.871 bits per heavy atom. The van der Waals surface area contributed by atoms with Gasteiger partial charge in [-0.15, -0.1) is 0 Å². The van der Waals surface area contributed by atoms with Crippen molar-refractivity contribution >= 4 is 125 Å². The largest absolute Gasteiger partial charge is 0.457 e. The molecule has 2 atom stereocenters. The molecule has 0 bridgehead atoms. The van der Waals surface area contributed by atoms with Crippen LogP contribution in [0.5, 0.6) is 57.5 Å². The van der Waals surface area contributed by atoms with Crippen molar-refractivity contribution in [1.29, 1.82) is 0 Å². The summed E-state index contributed by atoms with van der Waals surface area (Å²) in [5, 5.41) is 6.20. The summed E-state index contributed by atoms with van der Waals surface area (Å²) in [4.78, 5) is 134. The fourth-order valence-electron chi connectivity index (χ4n) is 14.7. The number of anilines is 2. The maximum Gasteiger partial charge on any atom is 0.354 e. The molecule has 13 aromatic rings. The molecule has 11 aromatic carbocycles. The fraction of sp³-hybridized carbons (Fsp3) is 0.170. The smallest absolute Gasteiger partial charge is 0.354 e. The molecule has 15 rings (SSSR count). The van der Waals surface area contributed by atoms with Crippen molar-refractivity contribution in [3.8, 4) is 57.5 Å². The Hall–Kier alpha value is -13.6. The Balaban J connectivity index is 1.05. The highest BCUT2D eigenvalue weighted by molar-refractivity contribution is 6.45. The van der Waals surface area contributed by atoms with Crippen LogP contribution in [-0.2, 0) is 32.0 Å². The van der Waals surface area contributed by atoms with Crippen molar-refractivity contribution in [2.75, 3.05) is 10.6 Å². The molecule has 0 spiro atoms. The molecule has 0 radical (unpaired) electrons. The number of carbonyl (C=O) groups excluding carboxylic acids is 8. The molecule has 2 aliphatic rings. The van der Waals surface area contributed by atoms with E-state index in [9.17, 15) is 9.59 Å². The number of ether oxygens (including phenoxy) is 6. The minimum Gasteiger partial charge on any atom is -0.457 e. The summed E-state index contributed by atoms with van der Waals surface area (Å²) in [6.07, 6.45) is 2.13. The number of aromatic nitrogens is 2. The number of fused-ring (bicyclic) bond motifs is 2. The number of pyridine rings is 2. The quantitative estimate of drug-likeness (QED) is 0.0168. The van der Waals surface area contributed by atoms with Crippen molar-refractivity contribution in [3.63, 3.8) is 0 Å². The van der Waals surface area contributed by atoms with Gasteiger partial charge in [0.25, 0.3) is 23.6 Å². The number of esters is 2. The van der Waals surface area contributed by atoms with E-state index in [0.717, 1.165) is 32.1 Å². The molecule has 2 aromatic heterocycles. The van der Waals surface area contributed by atoms with Gasteiger partial charge in [-0.2, -0.15) is 0 Å². The molecule has 580 valence electrons. The number of imide groups is 2. The second-order valence-corrected chi connectivity index (χ2v) is 30.6. The molecule has 0 saturated carbocycles. The van der Waals surface area contributed by atoms with Crippen LogP contribution < -0.4 is 39.1 Å². The normalized spacial score (nSPS) is 13.1. The van der Waals surface area contributed by atoms with Crippen LogP contribution in [0.25, 0.3) is 43.1 Å². The van der Waals surface area contributed by atoms with Crippen LogP contribution in [0.1, 0.15) is 154 Å². The van der Waals surface area contributed by atoms with Crippen molar-refractivity contribution in [3.05, 3.63) is 298 Å². The number of hydrogen-bond acceptors (Lipinski definition) is 16. The van der Waals surface area contributed by atoms with Crippen molar-refractivity contribution in [2.45, 2.75) is 104 Å². The number of carbonyl (C=O) groups is 8. The van der Waals surface area contributed by atoms with Crippen LogP contribution in [0.15, 0.2) is 242 Å². The molecule has 22 heteroatoms. The topological polar surface area (TPSA) is 248 Å². The average Bonchev–Trinajstić information content (AvgIpc) is 0.670. The third-order valence-corrected chi connectivity index (χ3v) is 21.0. The van der Waals surface area contributed by atoms with Gasteiger partial charge in [0.05, 0.1) is 22.3 Å². The summed E-state index contributed by atoms with van der Waals surface area (Å²) < 4.78 is 40.2. The van der Waals surface area contributed by atoms with E-state index < -0.39 is 69.5 Å². The molecule has 2 aliphatic heterocycles. The first-order valence-electron chi connectivity index (χ1n) is 37.7. The van der Waals surface area contributed by atoms with E-state index in [2.05, 4.69) is 89.1 Å². The van der Waals surface area contributed by atoms with Gasteiger partial charge in [0, 0.05) is 80.5 Å². The van der Waals surface area contributed by atoms with Crippen LogP contribution in [0.2, 0.25) is 0 Å².